The molecule has 8 nitrogen and oxygen atoms in total. The predicted molar refractivity (Wildman–Crippen MR) is 127 cm³/mol. The quantitative estimate of drug-likeness (QED) is 0.330. The average molecular weight is 477 g/mol. The van der Waals surface area contributed by atoms with Gasteiger partial charge in [-0.15, -0.1) is 10.2 Å². The normalized spacial score (nSPS) is 16.1. The van der Waals surface area contributed by atoms with Gasteiger partial charge in [0, 0.05) is 12.0 Å². The molecule has 3 aromatic heterocycles. The summed E-state index contributed by atoms with van der Waals surface area (Å²) in [7, 11) is 0. The molecule has 1 aromatic carbocycles. The number of furan rings is 2. The van der Waals surface area contributed by atoms with Crippen LogP contribution >= 0.6 is 11.8 Å². The summed E-state index contributed by atoms with van der Waals surface area (Å²) in [4.78, 5) is 13.1. The zero-order valence-electron chi connectivity index (χ0n) is 19.1. The fourth-order valence-corrected chi connectivity index (χ4v) is 4.34. The fourth-order valence-electron chi connectivity index (χ4n) is 3.72. The molecule has 1 aliphatic heterocycles. The molecule has 9 heteroatoms. The molecule has 4 aromatic rings. The highest BCUT2D eigenvalue weighted by atomic mass is 32.2. The molecular formula is C25H24N4O4S. The van der Waals surface area contributed by atoms with Crippen LogP contribution in [0.1, 0.15) is 50.3 Å². The van der Waals surface area contributed by atoms with E-state index in [1.54, 1.807) is 24.7 Å². The first kappa shape index (κ1) is 22.2. The minimum absolute atomic E-state index is 0.0666. The van der Waals surface area contributed by atoms with Crippen LogP contribution < -0.4 is 0 Å². The van der Waals surface area contributed by atoms with Gasteiger partial charge in [0.15, 0.2) is 0 Å². The molecule has 0 bridgehead atoms. The highest BCUT2D eigenvalue weighted by Crippen LogP contribution is 2.34. The molecular weight excluding hydrogens is 452 g/mol. The molecule has 1 amide bonds. The summed E-state index contributed by atoms with van der Waals surface area (Å²) in [5, 5.41) is 14.5. The molecule has 4 heterocycles. The van der Waals surface area contributed by atoms with E-state index in [4.69, 9.17) is 13.3 Å². The zero-order chi connectivity index (χ0) is 23.7. The number of hydrazone groups is 1. The lowest BCUT2D eigenvalue weighted by molar-refractivity contribution is -0.130. The number of benzene rings is 1. The maximum absolute atomic E-state index is 13.1. The van der Waals surface area contributed by atoms with Crippen LogP contribution in [0.2, 0.25) is 0 Å². The summed E-state index contributed by atoms with van der Waals surface area (Å²) in [5.41, 5.74) is 2.83. The molecule has 0 spiro atoms. The molecule has 0 saturated carbocycles. The monoisotopic (exact) mass is 476 g/mol. The van der Waals surface area contributed by atoms with Crippen LogP contribution in [0.4, 0.5) is 0 Å². The third-order valence-corrected chi connectivity index (χ3v) is 6.37. The van der Waals surface area contributed by atoms with Gasteiger partial charge < -0.3 is 13.3 Å². The van der Waals surface area contributed by atoms with Gasteiger partial charge in [-0.1, -0.05) is 44.7 Å². The maximum Gasteiger partial charge on any atom is 0.277 e. The Morgan fingerprint density at radius 2 is 1.82 bits per heavy atom. The maximum atomic E-state index is 13.1. The molecule has 0 aliphatic carbocycles. The number of hydrogen-bond donors (Lipinski definition) is 0. The Bertz CT molecular complexity index is 1290. The van der Waals surface area contributed by atoms with E-state index in [1.807, 2.05) is 24.3 Å². The summed E-state index contributed by atoms with van der Waals surface area (Å²) in [6.45, 7) is 6.50. The number of carbonyl (C=O) groups is 1. The number of nitrogens with zero attached hydrogens (tertiary/aromatic N) is 4. The van der Waals surface area contributed by atoms with E-state index in [2.05, 4.69) is 48.2 Å². The second kappa shape index (κ2) is 8.98. The van der Waals surface area contributed by atoms with Crippen molar-refractivity contribution in [2.75, 3.05) is 5.75 Å². The van der Waals surface area contributed by atoms with Crippen LogP contribution in [-0.2, 0) is 10.2 Å². The van der Waals surface area contributed by atoms with Gasteiger partial charge in [-0.2, -0.15) is 5.10 Å². The highest BCUT2D eigenvalue weighted by molar-refractivity contribution is 7.99. The third kappa shape index (κ3) is 4.56. The topological polar surface area (TPSA) is 97.9 Å². The predicted octanol–water partition coefficient (Wildman–Crippen LogP) is 5.69. The van der Waals surface area contributed by atoms with Crippen molar-refractivity contribution in [3.8, 4) is 11.5 Å². The SMILES string of the molecule is CC(C)(C)c1ccc(-c2nnc(SCC(=O)N3N=C(c4ccco4)CC3c3ccco3)o2)cc1. The second-order valence-corrected chi connectivity index (χ2v) is 9.91. The minimum Gasteiger partial charge on any atom is -0.467 e. The summed E-state index contributed by atoms with van der Waals surface area (Å²) in [6, 6.07) is 15.0. The molecule has 5 rings (SSSR count). The number of carbonyl (C=O) groups excluding carboxylic acids is 1. The van der Waals surface area contributed by atoms with Crippen LogP contribution in [0.5, 0.6) is 0 Å². The van der Waals surface area contributed by atoms with Gasteiger partial charge in [0.05, 0.1) is 18.3 Å². The Labute approximate surface area is 201 Å². The van der Waals surface area contributed by atoms with Crippen LogP contribution in [0, 0.1) is 0 Å². The fraction of sp³-hybridized carbons (Fsp3) is 0.280. The number of thioether (sulfide) groups is 1. The molecule has 0 radical (unpaired) electrons. The van der Waals surface area contributed by atoms with Crippen molar-refractivity contribution in [3.63, 3.8) is 0 Å². The first-order valence-electron chi connectivity index (χ1n) is 10.9. The number of hydrogen-bond acceptors (Lipinski definition) is 8. The Hall–Kier alpha value is -3.59. The molecule has 0 fully saturated rings. The van der Waals surface area contributed by atoms with E-state index in [1.165, 1.54) is 22.3 Å². The number of aromatic nitrogens is 2. The molecule has 0 N–H and O–H groups in total. The summed E-state index contributed by atoms with van der Waals surface area (Å²) < 4.78 is 16.8. The van der Waals surface area contributed by atoms with Crippen LogP contribution in [-0.4, -0.2) is 32.6 Å². The van der Waals surface area contributed by atoms with E-state index in [0.29, 0.717) is 34.8 Å². The zero-order valence-corrected chi connectivity index (χ0v) is 19.9. The molecule has 34 heavy (non-hydrogen) atoms. The minimum atomic E-state index is -0.331. The summed E-state index contributed by atoms with van der Waals surface area (Å²) >= 11 is 1.18. The Kier molecular flexibility index (Phi) is 5.87. The van der Waals surface area contributed by atoms with Crippen LogP contribution in [0.15, 0.2) is 84.6 Å². The summed E-state index contributed by atoms with van der Waals surface area (Å²) in [6.07, 6.45) is 3.68. The lowest BCUT2D eigenvalue weighted by Crippen LogP contribution is -2.28. The summed E-state index contributed by atoms with van der Waals surface area (Å²) in [5.74, 6) is 1.63. The standard InChI is InChI=1S/C25H24N4O4S/c1-25(2,3)17-10-8-16(9-11-17)23-26-27-24(33-23)34-15-22(30)29-19(21-7-5-13-32-21)14-18(28-29)20-6-4-12-31-20/h4-13,19H,14-15H2,1-3H3. The van der Waals surface area contributed by atoms with E-state index >= 15 is 0 Å². The molecule has 1 unspecified atom stereocenters. The Morgan fingerprint density at radius 3 is 2.50 bits per heavy atom. The highest BCUT2D eigenvalue weighted by Gasteiger charge is 2.35. The van der Waals surface area contributed by atoms with Crippen molar-refractivity contribution >= 4 is 23.4 Å². The van der Waals surface area contributed by atoms with E-state index in [-0.39, 0.29) is 23.1 Å². The molecule has 1 atom stereocenters. The lowest BCUT2D eigenvalue weighted by atomic mass is 9.87. The van der Waals surface area contributed by atoms with E-state index < -0.39 is 0 Å². The van der Waals surface area contributed by atoms with Gasteiger partial charge in [-0.25, -0.2) is 5.01 Å². The van der Waals surface area contributed by atoms with E-state index in [0.717, 1.165) is 5.56 Å². The smallest absolute Gasteiger partial charge is 0.277 e. The van der Waals surface area contributed by atoms with Gasteiger partial charge in [0.2, 0.25) is 5.89 Å². The van der Waals surface area contributed by atoms with Crippen molar-refractivity contribution in [3.05, 3.63) is 78.1 Å². The molecule has 0 saturated heterocycles. The van der Waals surface area contributed by atoms with Gasteiger partial charge >= 0.3 is 0 Å². The van der Waals surface area contributed by atoms with Gasteiger partial charge in [-0.05, 0) is 47.4 Å². The van der Waals surface area contributed by atoms with Crippen LogP contribution in [0.3, 0.4) is 0 Å². The average Bonchev–Trinajstić information content (AvgIpc) is 3.63. The van der Waals surface area contributed by atoms with Crippen molar-refractivity contribution in [1.82, 2.24) is 15.2 Å². The third-order valence-electron chi connectivity index (χ3n) is 5.57. The second-order valence-electron chi connectivity index (χ2n) is 8.99. The Morgan fingerprint density at radius 1 is 1.06 bits per heavy atom. The van der Waals surface area contributed by atoms with Crippen molar-refractivity contribution in [1.29, 1.82) is 0 Å². The number of amides is 1. The first-order valence-corrected chi connectivity index (χ1v) is 11.9. The number of rotatable bonds is 6. The first-order chi connectivity index (χ1) is 16.4. The van der Waals surface area contributed by atoms with Crippen molar-refractivity contribution < 1.29 is 18.0 Å². The van der Waals surface area contributed by atoms with Gasteiger partial charge in [-0.3, -0.25) is 4.79 Å². The van der Waals surface area contributed by atoms with Gasteiger partial charge in [0.1, 0.15) is 23.3 Å². The largest absolute Gasteiger partial charge is 0.467 e. The van der Waals surface area contributed by atoms with Crippen LogP contribution in [0.25, 0.3) is 11.5 Å². The molecule has 174 valence electrons. The van der Waals surface area contributed by atoms with Gasteiger partial charge in [0.25, 0.3) is 11.1 Å². The molecule has 1 aliphatic rings. The lowest BCUT2D eigenvalue weighted by Gasteiger charge is -2.19. The van der Waals surface area contributed by atoms with Crippen molar-refractivity contribution in [2.24, 2.45) is 5.10 Å². The van der Waals surface area contributed by atoms with Crippen molar-refractivity contribution in [2.45, 2.75) is 43.9 Å². The Balaban J connectivity index is 1.27. The van der Waals surface area contributed by atoms with E-state index in [9.17, 15) is 4.79 Å².